The third-order valence-corrected chi connectivity index (χ3v) is 4.80. The summed E-state index contributed by atoms with van der Waals surface area (Å²) in [4.78, 5) is 32.0. The van der Waals surface area contributed by atoms with Crippen LogP contribution in [0.1, 0.15) is 24.0 Å². The summed E-state index contributed by atoms with van der Waals surface area (Å²) in [5, 5.41) is 15.1. The van der Waals surface area contributed by atoms with Crippen LogP contribution in [0.4, 0.5) is 11.8 Å². The molecule has 29 heavy (non-hydrogen) atoms. The van der Waals surface area contributed by atoms with Crippen LogP contribution >= 0.6 is 0 Å². The average Bonchev–Trinajstić information content (AvgIpc) is 2.70. The lowest BCUT2D eigenvalue weighted by Crippen LogP contribution is -2.42. The Labute approximate surface area is 165 Å². The number of amides is 1. The zero-order valence-corrected chi connectivity index (χ0v) is 16.3. The first-order chi connectivity index (χ1) is 13.9. The number of nitrogens with one attached hydrogen (secondary N) is 2. The van der Waals surface area contributed by atoms with Gasteiger partial charge in [0, 0.05) is 5.92 Å². The number of ether oxygens (including phenoxy) is 3. The number of oxime groups is 1. The van der Waals surface area contributed by atoms with Crippen LogP contribution < -0.4 is 30.8 Å². The Kier molecular flexibility index (Phi) is 5.31. The van der Waals surface area contributed by atoms with Crippen molar-refractivity contribution < 1.29 is 24.2 Å². The van der Waals surface area contributed by atoms with Gasteiger partial charge in [-0.05, 0) is 24.6 Å². The maximum Gasteiger partial charge on any atom is 0.258 e. The summed E-state index contributed by atoms with van der Waals surface area (Å²) in [5.74, 6) is -1.39. The number of nitrogen functional groups attached to an aromatic ring is 1. The Morgan fingerprint density at radius 1 is 1.17 bits per heavy atom. The first-order valence-corrected chi connectivity index (χ1v) is 8.55. The quantitative estimate of drug-likeness (QED) is 0.326. The number of nitrogens with zero attached hydrogens (tertiary/aromatic N) is 2. The Morgan fingerprint density at radius 3 is 2.31 bits per heavy atom. The molecule has 2 aromatic rings. The van der Waals surface area contributed by atoms with Crippen molar-refractivity contribution in [1.82, 2.24) is 9.97 Å². The van der Waals surface area contributed by atoms with Crippen LogP contribution in [0.25, 0.3) is 0 Å². The predicted octanol–water partition coefficient (Wildman–Crippen LogP) is 0.928. The number of benzene rings is 1. The summed E-state index contributed by atoms with van der Waals surface area (Å²) in [7, 11) is 4.37. The summed E-state index contributed by atoms with van der Waals surface area (Å²) in [6, 6.07) is 3.25. The van der Waals surface area contributed by atoms with E-state index >= 15 is 0 Å². The monoisotopic (exact) mass is 403 g/mol. The van der Waals surface area contributed by atoms with Gasteiger partial charge in [0.25, 0.3) is 5.56 Å². The molecule has 1 aliphatic rings. The van der Waals surface area contributed by atoms with Gasteiger partial charge in [-0.1, -0.05) is 5.16 Å². The molecule has 1 aromatic carbocycles. The van der Waals surface area contributed by atoms with Gasteiger partial charge in [-0.2, -0.15) is 4.98 Å². The Balaban J connectivity index is 2.35. The number of aromatic amines is 1. The molecule has 0 spiro atoms. The smallest absolute Gasteiger partial charge is 0.258 e. The molecule has 1 aromatic heterocycles. The fraction of sp³-hybridized carbons (Fsp3) is 0.333. The van der Waals surface area contributed by atoms with Gasteiger partial charge in [0.1, 0.15) is 5.82 Å². The van der Waals surface area contributed by atoms with E-state index in [2.05, 4.69) is 20.4 Å². The first-order valence-electron chi connectivity index (χ1n) is 8.55. The normalized spacial score (nSPS) is 18.6. The van der Waals surface area contributed by atoms with Gasteiger partial charge in [-0.15, -0.1) is 0 Å². The van der Waals surface area contributed by atoms with E-state index in [1.54, 1.807) is 12.1 Å². The van der Waals surface area contributed by atoms with Crippen LogP contribution in [0.15, 0.2) is 22.1 Å². The largest absolute Gasteiger partial charge is 0.493 e. The molecular formula is C18H21N5O6. The number of fused-ring (bicyclic) bond motifs is 1. The number of methoxy groups -OCH3 is 3. The van der Waals surface area contributed by atoms with Crippen LogP contribution in [0.3, 0.4) is 0 Å². The van der Waals surface area contributed by atoms with Crippen LogP contribution in [0, 0.1) is 5.92 Å². The van der Waals surface area contributed by atoms with Gasteiger partial charge in [-0.25, -0.2) is 0 Å². The van der Waals surface area contributed by atoms with Crippen LogP contribution in [-0.2, 0) is 4.79 Å². The molecule has 0 radical (unpaired) electrons. The zero-order chi connectivity index (χ0) is 21.3. The number of anilines is 2. The van der Waals surface area contributed by atoms with E-state index in [4.69, 9.17) is 19.9 Å². The number of rotatable bonds is 5. The maximum atomic E-state index is 12.8. The number of H-pyrrole nitrogens is 1. The standard InChI is InChI=1S/C18H21N5O6/c1-7(23-26)11-12(8-5-9(27-2)14(29-4)10(6-8)28-3)13-15(20-16(11)24)21-18(19)22-17(13)25/h5-6,11-12,26H,1-4H3,(H4,19,20,21,22,24,25)/b23-7+/t11-,12-/m0/s1. The molecule has 0 aliphatic carbocycles. The number of aromatic nitrogens is 2. The fourth-order valence-electron chi connectivity index (χ4n) is 3.53. The van der Waals surface area contributed by atoms with E-state index in [-0.39, 0.29) is 23.0 Å². The minimum atomic E-state index is -0.984. The molecular weight excluding hydrogens is 382 g/mol. The van der Waals surface area contributed by atoms with E-state index in [0.717, 1.165) is 0 Å². The minimum Gasteiger partial charge on any atom is -0.493 e. The second-order valence-corrected chi connectivity index (χ2v) is 6.36. The number of nitrogens with two attached hydrogens (primary N) is 1. The van der Waals surface area contributed by atoms with E-state index in [9.17, 15) is 14.8 Å². The number of carbonyl (C=O) groups excluding carboxylic acids is 1. The summed E-state index contributed by atoms with van der Waals surface area (Å²) >= 11 is 0. The van der Waals surface area contributed by atoms with Crippen LogP contribution in [-0.4, -0.2) is 48.1 Å². The summed E-state index contributed by atoms with van der Waals surface area (Å²) in [5.41, 5.74) is 5.88. The molecule has 11 heteroatoms. The Hall–Kier alpha value is -3.76. The second kappa shape index (κ2) is 7.70. The van der Waals surface area contributed by atoms with Gasteiger partial charge < -0.3 is 30.5 Å². The van der Waals surface area contributed by atoms with Gasteiger partial charge in [-0.3, -0.25) is 14.6 Å². The lowest BCUT2D eigenvalue weighted by atomic mass is 9.76. The number of hydrogen-bond acceptors (Lipinski definition) is 9. The fourth-order valence-corrected chi connectivity index (χ4v) is 3.53. The van der Waals surface area contributed by atoms with Crippen molar-refractivity contribution in [2.24, 2.45) is 11.1 Å². The van der Waals surface area contributed by atoms with E-state index in [1.165, 1.54) is 28.3 Å². The van der Waals surface area contributed by atoms with Crippen LogP contribution in [0.2, 0.25) is 0 Å². The molecule has 0 fully saturated rings. The topological polar surface area (TPSA) is 161 Å². The van der Waals surface area contributed by atoms with Crippen molar-refractivity contribution in [3.63, 3.8) is 0 Å². The predicted molar refractivity (Wildman–Crippen MR) is 104 cm³/mol. The molecule has 0 unspecified atom stereocenters. The minimum absolute atomic E-state index is 0.0389. The Bertz CT molecular complexity index is 1020. The summed E-state index contributed by atoms with van der Waals surface area (Å²) < 4.78 is 16.1. The molecule has 154 valence electrons. The Morgan fingerprint density at radius 2 is 1.79 bits per heavy atom. The SMILES string of the molecule is COc1cc([C@@H]2c3c(nc(N)[nH]c3=O)NC(=O)[C@H]2/C(C)=N/O)cc(OC)c1OC. The van der Waals surface area contributed by atoms with Crippen molar-refractivity contribution >= 4 is 23.4 Å². The van der Waals surface area contributed by atoms with Crippen molar-refractivity contribution in [2.75, 3.05) is 32.4 Å². The van der Waals surface area contributed by atoms with Crippen molar-refractivity contribution in [3.05, 3.63) is 33.6 Å². The zero-order valence-electron chi connectivity index (χ0n) is 16.3. The average molecular weight is 403 g/mol. The third-order valence-electron chi connectivity index (χ3n) is 4.80. The van der Waals surface area contributed by atoms with E-state index in [1.807, 2.05) is 0 Å². The number of hydrogen-bond donors (Lipinski definition) is 4. The molecule has 0 saturated heterocycles. The molecule has 1 aliphatic heterocycles. The van der Waals surface area contributed by atoms with E-state index in [0.29, 0.717) is 22.8 Å². The molecule has 3 rings (SSSR count). The molecule has 2 atom stereocenters. The summed E-state index contributed by atoms with van der Waals surface area (Å²) in [6.07, 6.45) is 0. The highest BCUT2D eigenvalue weighted by atomic mass is 16.5. The lowest BCUT2D eigenvalue weighted by Gasteiger charge is -2.32. The van der Waals surface area contributed by atoms with Crippen LogP contribution in [0.5, 0.6) is 17.2 Å². The van der Waals surface area contributed by atoms with E-state index < -0.39 is 23.3 Å². The van der Waals surface area contributed by atoms with Crippen molar-refractivity contribution in [3.8, 4) is 17.2 Å². The van der Waals surface area contributed by atoms with Gasteiger partial charge in [0.2, 0.25) is 17.6 Å². The first kappa shape index (κ1) is 20.0. The molecule has 0 saturated carbocycles. The maximum absolute atomic E-state index is 12.8. The number of carbonyl (C=O) groups is 1. The van der Waals surface area contributed by atoms with Gasteiger partial charge in [0.05, 0.1) is 38.5 Å². The highest BCUT2D eigenvalue weighted by Gasteiger charge is 2.42. The lowest BCUT2D eigenvalue weighted by molar-refractivity contribution is -0.118. The molecule has 5 N–H and O–H groups in total. The van der Waals surface area contributed by atoms with Crippen molar-refractivity contribution in [2.45, 2.75) is 12.8 Å². The molecule has 1 amide bonds. The molecule has 11 nitrogen and oxygen atoms in total. The van der Waals surface area contributed by atoms with Gasteiger partial charge in [0.15, 0.2) is 11.5 Å². The van der Waals surface area contributed by atoms with Gasteiger partial charge >= 0.3 is 0 Å². The summed E-state index contributed by atoms with van der Waals surface area (Å²) in [6.45, 7) is 1.49. The highest BCUT2D eigenvalue weighted by Crippen LogP contribution is 2.45. The van der Waals surface area contributed by atoms with Crippen molar-refractivity contribution in [1.29, 1.82) is 0 Å². The molecule has 2 heterocycles. The molecule has 0 bridgehead atoms. The third kappa shape index (κ3) is 3.30. The second-order valence-electron chi connectivity index (χ2n) is 6.36. The highest BCUT2D eigenvalue weighted by molar-refractivity contribution is 6.11.